The number of fused-ring (bicyclic) bond motifs is 1. The van der Waals surface area contributed by atoms with Gasteiger partial charge in [-0.05, 0) is 41.0 Å². The van der Waals surface area contributed by atoms with Gasteiger partial charge in [-0.2, -0.15) is 0 Å². The lowest BCUT2D eigenvalue weighted by Crippen LogP contribution is -2.47. The summed E-state index contributed by atoms with van der Waals surface area (Å²) >= 11 is 1.72. The van der Waals surface area contributed by atoms with Gasteiger partial charge in [0.15, 0.2) is 0 Å². The van der Waals surface area contributed by atoms with Crippen molar-refractivity contribution >= 4 is 17.2 Å². The molecular formula is C17H20N2OS. The number of amides is 1. The van der Waals surface area contributed by atoms with Crippen molar-refractivity contribution in [1.29, 1.82) is 0 Å². The molecule has 0 fully saturated rings. The van der Waals surface area contributed by atoms with Crippen molar-refractivity contribution in [3.05, 3.63) is 57.3 Å². The molecule has 1 aliphatic heterocycles. The molecule has 1 aliphatic rings. The van der Waals surface area contributed by atoms with E-state index in [-0.39, 0.29) is 11.9 Å². The summed E-state index contributed by atoms with van der Waals surface area (Å²) in [5.74, 6) is 0.0972. The fourth-order valence-electron chi connectivity index (χ4n) is 2.77. The third kappa shape index (κ3) is 3.17. The molecule has 1 unspecified atom stereocenters. The van der Waals surface area contributed by atoms with Crippen LogP contribution in [0.3, 0.4) is 0 Å². The van der Waals surface area contributed by atoms with Crippen molar-refractivity contribution in [3.8, 4) is 0 Å². The van der Waals surface area contributed by atoms with E-state index in [4.69, 9.17) is 0 Å². The maximum atomic E-state index is 12.3. The summed E-state index contributed by atoms with van der Waals surface area (Å²) in [7, 11) is 0. The van der Waals surface area contributed by atoms with Crippen LogP contribution in [-0.2, 0) is 30.7 Å². The van der Waals surface area contributed by atoms with Crippen LogP contribution in [0.1, 0.15) is 28.5 Å². The highest BCUT2D eigenvalue weighted by Crippen LogP contribution is 2.18. The van der Waals surface area contributed by atoms with Crippen LogP contribution in [-0.4, -0.2) is 11.9 Å². The van der Waals surface area contributed by atoms with Gasteiger partial charge >= 0.3 is 0 Å². The lowest BCUT2D eigenvalue weighted by Gasteiger charge is -2.25. The maximum Gasteiger partial charge on any atom is 0.237 e. The Bertz CT molecular complexity index is 635. The van der Waals surface area contributed by atoms with Crippen LogP contribution in [0.15, 0.2) is 35.7 Å². The minimum atomic E-state index is -0.120. The lowest BCUT2D eigenvalue weighted by atomic mass is 9.95. The number of hydrogen-bond acceptors (Lipinski definition) is 3. The van der Waals surface area contributed by atoms with Gasteiger partial charge in [0, 0.05) is 11.4 Å². The zero-order valence-corrected chi connectivity index (χ0v) is 13.0. The van der Waals surface area contributed by atoms with E-state index in [9.17, 15) is 4.79 Å². The van der Waals surface area contributed by atoms with Gasteiger partial charge in [0.05, 0.1) is 12.6 Å². The van der Waals surface area contributed by atoms with Crippen LogP contribution in [0.25, 0.3) is 0 Å². The molecule has 21 heavy (non-hydrogen) atoms. The monoisotopic (exact) mass is 300 g/mol. The number of thiophene rings is 1. The number of rotatable bonds is 4. The number of nitrogens with one attached hydrogen (secondary N) is 2. The van der Waals surface area contributed by atoms with Gasteiger partial charge in [0.2, 0.25) is 5.91 Å². The normalized spacial score (nSPS) is 17.3. The summed E-state index contributed by atoms with van der Waals surface area (Å²) in [4.78, 5) is 13.6. The highest BCUT2D eigenvalue weighted by molar-refractivity contribution is 7.10. The number of hydrogen-bond donors (Lipinski definition) is 2. The zero-order chi connectivity index (χ0) is 14.7. The molecule has 3 nitrogen and oxygen atoms in total. The Morgan fingerprint density at radius 3 is 2.95 bits per heavy atom. The molecule has 2 heterocycles. The first-order valence-corrected chi connectivity index (χ1v) is 8.29. The largest absolute Gasteiger partial charge is 0.350 e. The highest BCUT2D eigenvalue weighted by Gasteiger charge is 2.23. The standard InChI is InChI=1S/C17H20N2OS/c1-2-12-7-8-21-16(12)11-19-17(20)15-9-13-5-3-4-6-14(13)10-18-15/h3-8,15,18H,2,9-11H2,1H3,(H,19,20). The predicted molar refractivity (Wildman–Crippen MR) is 86.3 cm³/mol. The van der Waals surface area contributed by atoms with Crippen molar-refractivity contribution in [2.75, 3.05) is 0 Å². The SMILES string of the molecule is CCc1ccsc1CNC(=O)C1Cc2ccccc2CN1. The number of aryl methyl sites for hydroxylation is 1. The van der Waals surface area contributed by atoms with Gasteiger partial charge in [-0.1, -0.05) is 31.2 Å². The summed E-state index contributed by atoms with van der Waals surface area (Å²) in [6.07, 6.45) is 1.79. The van der Waals surface area contributed by atoms with E-state index < -0.39 is 0 Å². The third-order valence-electron chi connectivity index (χ3n) is 4.04. The summed E-state index contributed by atoms with van der Waals surface area (Å²) in [6, 6.07) is 10.3. The Labute approximate surface area is 129 Å². The van der Waals surface area contributed by atoms with Gasteiger partial charge in [-0.15, -0.1) is 11.3 Å². The first-order valence-electron chi connectivity index (χ1n) is 7.41. The van der Waals surface area contributed by atoms with Crippen LogP contribution >= 0.6 is 11.3 Å². The molecule has 0 saturated heterocycles. The first-order chi connectivity index (χ1) is 10.3. The fraction of sp³-hybridized carbons (Fsp3) is 0.353. The van der Waals surface area contributed by atoms with Gasteiger partial charge in [-0.25, -0.2) is 0 Å². The Morgan fingerprint density at radius 1 is 1.33 bits per heavy atom. The van der Waals surface area contributed by atoms with Crippen LogP contribution in [0, 0.1) is 0 Å². The average Bonchev–Trinajstić information content (AvgIpc) is 2.99. The van der Waals surface area contributed by atoms with Gasteiger partial charge in [0.25, 0.3) is 0 Å². The molecule has 0 spiro atoms. The summed E-state index contributed by atoms with van der Waals surface area (Å²) in [5, 5.41) is 8.49. The van der Waals surface area contributed by atoms with Crippen molar-refractivity contribution in [3.63, 3.8) is 0 Å². The van der Waals surface area contributed by atoms with E-state index in [2.05, 4.69) is 41.1 Å². The fourth-order valence-corrected chi connectivity index (χ4v) is 3.68. The van der Waals surface area contributed by atoms with E-state index in [1.54, 1.807) is 11.3 Å². The molecule has 1 aromatic heterocycles. The molecule has 4 heteroatoms. The molecule has 0 bridgehead atoms. The van der Waals surface area contributed by atoms with Crippen LogP contribution in [0.4, 0.5) is 0 Å². The van der Waals surface area contributed by atoms with Gasteiger partial charge < -0.3 is 10.6 Å². The van der Waals surface area contributed by atoms with E-state index in [1.807, 2.05) is 12.1 Å². The molecule has 0 radical (unpaired) electrons. The van der Waals surface area contributed by atoms with Crippen molar-refractivity contribution in [2.45, 2.75) is 38.9 Å². The minimum absolute atomic E-state index is 0.0972. The Hall–Kier alpha value is -1.65. The van der Waals surface area contributed by atoms with Crippen molar-refractivity contribution in [1.82, 2.24) is 10.6 Å². The zero-order valence-electron chi connectivity index (χ0n) is 12.2. The van der Waals surface area contributed by atoms with Crippen LogP contribution in [0.5, 0.6) is 0 Å². The molecule has 3 rings (SSSR count). The second kappa shape index (κ2) is 6.41. The Kier molecular flexibility index (Phi) is 4.36. The molecule has 2 N–H and O–H groups in total. The molecule has 0 aliphatic carbocycles. The lowest BCUT2D eigenvalue weighted by molar-refractivity contribution is -0.123. The topological polar surface area (TPSA) is 41.1 Å². The molecular weight excluding hydrogens is 280 g/mol. The smallest absolute Gasteiger partial charge is 0.237 e. The quantitative estimate of drug-likeness (QED) is 0.911. The number of benzene rings is 1. The second-order valence-corrected chi connectivity index (χ2v) is 6.35. The molecule has 1 amide bonds. The molecule has 2 aromatic rings. The van der Waals surface area contributed by atoms with Crippen molar-refractivity contribution < 1.29 is 4.79 Å². The first kappa shape index (κ1) is 14.3. The minimum Gasteiger partial charge on any atom is -0.350 e. The van der Waals surface area contributed by atoms with Gasteiger partial charge in [0.1, 0.15) is 0 Å². The van der Waals surface area contributed by atoms with E-state index >= 15 is 0 Å². The molecule has 1 atom stereocenters. The van der Waals surface area contributed by atoms with Crippen LogP contribution in [0.2, 0.25) is 0 Å². The van der Waals surface area contributed by atoms with Crippen LogP contribution < -0.4 is 10.6 Å². The predicted octanol–water partition coefficient (Wildman–Crippen LogP) is 2.64. The Balaban J connectivity index is 1.60. The van der Waals surface area contributed by atoms with Gasteiger partial charge in [-0.3, -0.25) is 4.79 Å². The van der Waals surface area contributed by atoms with Crippen molar-refractivity contribution in [2.24, 2.45) is 0 Å². The van der Waals surface area contributed by atoms with E-state index in [0.717, 1.165) is 19.4 Å². The molecule has 110 valence electrons. The highest BCUT2D eigenvalue weighted by atomic mass is 32.1. The van der Waals surface area contributed by atoms with E-state index in [0.29, 0.717) is 6.54 Å². The van der Waals surface area contributed by atoms with E-state index in [1.165, 1.54) is 21.6 Å². The number of carbonyl (C=O) groups excluding carboxylic acids is 1. The third-order valence-corrected chi connectivity index (χ3v) is 5.00. The summed E-state index contributed by atoms with van der Waals surface area (Å²) in [6.45, 7) is 3.56. The molecule has 0 saturated carbocycles. The number of carbonyl (C=O) groups is 1. The summed E-state index contributed by atoms with van der Waals surface area (Å²) < 4.78 is 0. The maximum absolute atomic E-state index is 12.3. The second-order valence-electron chi connectivity index (χ2n) is 5.35. The Morgan fingerprint density at radius 2 is 2.14 bits per heavy atom. The summed E-state index contributed by atoms with van der Waals surface area (Å²) in [5.41, 5.74) is 3.91. The molecule has 1 aromatic carbocycles. The average molecular weight is 300 g/mol.